The molecule has 26 heavy (non-hydrogen) atoms. The van der Waals surface area contributed by atoms with Gasteiger partial charge < -0.3 is 20.7 Å². The number of carbonyl (C=O) groups is 1. The molecule has 6 heteroatoms. The Bertz CT molecular complexity index is 741. The third-order valence-electron chi connectivity index (χ3n) is 5.43. The minimum absolute atomic E-state index is 0.174. The standard InChI is InChI=1S/C20H26ClN3O2/c1-4-5-12(2)26-19-11-18(22)17(21)10-16(19)20(25)23-13-8-14-6-7-15(9-13)24(14)3/h10-15H,6-9,22H2,1-3H3,(H,23,25)/t12-,13?,14?,15?/m1/s1. The van der Waals surface area contributed by atoms with Crippen LogP contribution in [0.25, 0.3) is 0 Å². The summed E-state index contributed by atoms with van der Waals surface area (Å²) in [5, 5.41) is 3.52. The molecule has 2 aliphatic heterocycles. The van der Waals surface area contributed by atoms with Crippen LogP contribution in [0.1, 0.15) is 49.9 Å². The van der Waals surface area contributed by atoms with E-state index in [-0.39, 0.29) is 18.1 Å². The highest BCUT2D eigenvalue weighted by molar-refractivity contribution is 6.33. The summed E-state index contributed by atoms with van der Waals surface area (Å²) >= 11 is 6.15. The Hall–Kier alpha value is -1.90. The summed E-state index contributed by atoms with van der Waals surface area (Å²) < 4.78 is 5.82. The number of fused-ring (bicyclic) bond motifs is 2. The number of anilines is 1. The number of nitrogens with one attached hydrogen (secondary N) is 1. The molecule has 2 fully saturated rings. The van der Waals surface area contributed by atoms with Gasteiger partial charge in [-0.2, -0.15) is 0 Å². The second kappa shape index (κ2) is 7.77. The molecule has 1 aromatic rings. The van der Waals surface area contributed by atoms with Crippen molar-refractivity contribution in [3.63, 3.8) is 0 Å². The van der Waals surface area contributed by atoms with Gasteiger partial charge in [-0.1, -0.05) is 17.5 Å². The Kier molecular flexibility index (Phi) is 5.64. The molecule has 2 heterocycles. The SMILES string of the molecule is CC#C[C@@H](C)Oc1cc(N)c(Cl)cc1C(=O)NC1CC2CCC(C1)N2C. The summed E-state index contributed by atoms with van der Waals surface area (Å²) in [7, 11) is 2.18. The van der Waals surface area contributed by atoms with E-state index in [4.69, 9.17) is 22.1 Å². The number of halogens is 1. The minimum atomic E-state index is -0.341. The topological polar surface area (TPSA) is 67.6 Å². The number of nitrogens with two attached hydrogens (primary N) is 1. The molecule has 0 radical (unpaired) electrons. The molecule has 0 spiro atoms. The van der Waals surface area contributed by atoms with Gasteiger partial charge in [0.1, 0.15) is 5.75 Å². The number of hydrogen-bond donors (Lipinski definition) is 2. The maximum Gasteiger partial charge on any atom is 0.255 e. The molecule has 0 aromatic heterocycles. The quantitative estimate of drug-likeness (QED) is 0.627. The van der Waals surface area contributed by atoms with Crippen LogP contribution in [0.5, 0.6) is 5.75 Å². The zero-order valence-corrected chi connectivity index (χ0v) is 16.3. The van der Waals surface area contributed by atoms with Gasteiger partial charge in [-0.05, 0) is 52.6 Å². The summed E-state index contributed by atoms with van der Waals surface area (Å²) in [4.78, 5) is 15.4. The van der Waals surface area contributed by atoms with E-state index < -0.39 is 0 Å². The zero-order chi connectivity index (χ0) is 18.8. The maximum absolute atomic E-state index is 12.9. The van der Waals surface area contributed by atoms with Gasteiger partial charge >= 0.3 is 0 Å². The third-order valence-corrected chi connectivity index (χ3v) is 5.76. The van der Waals surface area contributed by atoms with Crippen LogP contribution in [0.2, 0.25) is 5.02 Å². The van der Waals surface area contributed by atoms with E-state index in [9.17, 15) is 4.79 Å². The second-order valence-electron chi connectivity index (χ2n) is 7.22. The van der Waals surface area contributed by atoms with Crippen LogP contribution in [-0.2, 0) is 0 Å². The molecule has 2 unspecified atom stereocenters. The molecular weight excluding hydrogens is 350 g/mol. The van der Waals surface area contributed by atoms with Crippen molar-refractivity contribution in [2.75, 3.05) is 12.8 Å². The van der Waals surface area contributed by atoms with Crippen molar-refractivity contribution in [2.24, 2.45) is 0 Å². The van der Waals surface area contributed by atoms with Crippen molar-refractivity contribution in [3.8, 4) is 17.6 Å². The summed E-state index contributed by atoms with van der Waals surface area (Å²) in [6.07, 6.45) is 4.04. The summed E-state index contributed by atoms with van der Waals surface area (Å²) in [5.74, 6) is 5.97. The van der Waals surface area contributed by atoms with Gasteiger partial charge in [-0.3, -0.25) is 4.79 Å². The van der Waals surface area contributed by atoms with Gasteiger partial charge in [0.15, 0.2) is 6.10 Å². The normalized spacial score (nSPS) is 25.9. The minimum Gasteiger partial charge on any atom is -0.477 e. The van der Waals surface area contributed by atoms with E-state index >= 15 is 0 Å². The lowest BCUT2D eigenvalue weighted by Crippen LogP contribution is -2.48. The number of hydrogen-bond acceptors (Lipinski definition) is 4. The largest absolute Gasteiger partial charge is 0.477 e. The van der Waals surface area contributed by atoms with E-state index in [1.54, 1.807) is 19.1 Å². The van der Waals surface area contributed by atoms with E-state index in [0.29, 0.717) is 34.1 Å². The highest BCUT2D eigenvalue weighted by Crippen LogP contribution is 2.35. The van der Waals surface area contributed by atoms with Gasteiger partial charge in [0.2, 0.25) is 0 Å². The van der Waals surface area contributed by atoms with Crippen LogP contribution in [0, 0.1) is 11.8 Å². The average molecular weight is 376 g/mol. The number of benzene rings is 1. The van der Waals surface area contributed by atoms with Gasteiger partial charge in [-0.25, -0.2) is 0 Å². The fraction of sp³-hybridized carbons (Fsp3) is 0.550. The molecule has 1 amide bonds. The van der Waals surface area contributed by atoms with Crippen molar-refractivity contribution in [2.45, 2.75) is 63.8 Å². The molecule has 2 aliphatic rings. The molecular formula is C20H26ClN3O2. The van der Waals surface area contributed by atoms with Crippen LogP contribution in [-0.4, -0.2) is 42.1 Å². The van der Waals surface area contributed by atoms with Crippen molar-refractivity contribution in [1.82, 2.24) is 10.2 Å². The summed E-state index contributed by atoms with van der Waals surface area (Å²) in [6, 6.07) is 4.48. The van der Waals surface area contributed by atoms with Gasteiger partial charge in [0.05, 0.1) is 16.3 Å². The lowest BCUT2D eigenvalue weighted by atomic mass is 9.97. The van der Waals surface area contributed by atoms with E-state index in [1.807, 2.05) is 6.92 Å². The lowest BCUT2D eigenvalue weighted by Gasteiger charge is -2.36. The van der Waals surface area contributed by atoms with Gasteiger partial charge in [0.25, 0.3) is 5.91 Å². The first-order valence-electron chi connectivity index (χ1n) is 9.09. The first-order valence-corrected chi connectivity index (χ1v) is 9.47. The second-order valence-corrected chi connectivity index (χ2v) is 7.62. The Morgan fingerprint density at radius 1 is 1.38 bits per heavy atom. The molecule has 3 N–H and O–H groups in total. The zero-order valence-electron chi connectivity index (χ0n) is 15.5. The van der Waals surface area contributed by atoms with Crippen LogP contribution in [0.3, 0.4) is 0 Å². The molecule has 3 atom stereocenters. The first kappa shape index (κ1) is 18.9. The molecule has 2 bridgehead atoms. The molecule has 3 rings (SSSR count). The van der Waals surface area contributed by atoms with Crippen LogP contribution in [0.15, 0.2) is 12.1 Å². The van der Waals surface area contributed by atoms with Crippen molar-refractivity contribution < 1.29 is 9.53 Å². The lowest BCUT2D eigenvalue weighted by molar-refractivity contribution is 0.0878. The average Bonchev–Trinajstić information content (AvgIpc) is 2.80. The van der Waals surface area contributed by atoms with Crippen molar-refractivity contribution in [1.29, 1.82) is 0 Å². The molecule has 2 saturated heterocycles. The first-order chi connectivity index (χ1) is 12.4. The fourth-order valence-corrected chi connectivity index (χ4v) is 4.22. The summed E-state index contributed by atoms with van der Waals surface area (Å²) in [6.45, 7) is 3.58. The Morgan fingerprint density at radius 3 is 2.65 bits per heavy atom. The smallest absolute Gasteiger partial charge is 0.255 e. The van der Waals surface area contributed by atoms with Crippen LogP contribution >= 0.6 is 11.6 Å². The molecule has 0 saturated carbocycles. The van der Waals surface area contributed by atoms with Gasteiger partial charge in [-0.15, -0.1) is 5.92 Å². The Morgan fingerprint density at radius 2 is 2.04 bits per heavy atom. The van der Waals surface area contributed by atoms with E-state index in [0.717, 1.165) is 12.8 Å². The number of rotatable bonds is 4. The van der Waals surface area contributed by atoms with Crippen molar-refractivity contribution >= 4 is 23.2 Å². The summed E-state index contributed by atoms with van der Waals surface area (Å²) in [5.41, 5.74) is 6.68. The molecule has 140 valence electrons. The number of nitrogens with zero attached hydrogens (tertiary/aromatic N) is 1. The van der Waals surface area contributed by atoms with Crippen LogP contribution in [0.4, 0.5) is 5.69 Å². The van der Waals surface area contributed by atoms with Crippen LogP contribution < -0.4 is 15.8 Å². The number of amides is 1. The maximum atomic E-state index is 12.9. The highest BCUT2D eigenvalue weighted by Gasteiger charge is 2.39. The molecule has 5 nitrogen and oxygen atoms in total. The monoisotopic (exact) mass is 375 g/mol. The number of nitrogen functional groups attached to an aromatic ring is 1. The third kappa shape index (κ3) is 3.92. The Balaban J connectivity index is 1.77. The highest BCUT2D eigenvalue weighted by atomic mass is 35.5. The fourth-order valence-electron chi connectivity index (χ4n) is 4.06. The number of piperidine rings is 1. The number of ether oxygens (including phenoxy) is 1. The van der Waals surface area contributed by atoms with Crippen molar-refractivity contribution in [3.05, 3.63) is 22.7 Å². The number of carbonyl (C=O) groups excluding carboxylic acids is 1. The molecule has 1 aromatic carbocycles. The Labute approximate surface area is 160 Å². The van der Waals surface area contributed by atoms with Gasteiger partial charge in [0, 0.05) is 24.2 Å². The van der Waals surface area contributed by atoms with E-state index in [1.165, 1.54) is 12.8 Å². The predicted octanol–water partition coefficient (Wildman–Crippen LogP) is 3.07. The molecule has 0 aliphatic carbocycles. The van der Waals surface area contributed by atoms with E-state index in [2.05, 4.69) is 29.1 Å². The predicted molar refractivity (Wildman–Crippen MR) is 104 cm³/mol.